The molecule has 0 radical (unpaired) electrons. The quantitative estimate of drug-likeness (QED) is 0.908. The summed E-state index contributed by atoms with van der Waals surface area (Å²) in [6.45, 7) is 6.77. The normalized spacial score (nSPS) is 15.6. The zero-order valence-corrected chi connectivity index (χ0v) is 15.5. The number of carbonyl (C=O) groups is 2. The number of methoxy groups -OCH3 is 1. The number of benzene rings is 1. The van der Waals surface area contributed by atoms with Crippen molar-refractivity contribution in [1.82, 2.24) is 10.2 Å². The average Bonchev–Trinajstić information content (AvgIpc) is 2.54. The Hall–Kier alpha value is -2.24. The minimum atomic E-state index is -0.487. The Kier molecular flexibility index (Phi) is 6.28. The van der Waals surface area contributed by atoms with Crippen molar-refractivity contribution >= 4 is 12.0 Å². The van der Waals surface area contributed by atoms with E-state index >= 15 is 0 Å². The molecule has 1 aliphatic heterocycles. The molecule has 0 atom stereocenters. The lowest BCUT2D eigenvalue weighted by atomic mass is 10.0. The van der Waals surface area contributed by atoms with Gasteiger partial charge in [0, 0.05) is 19.1 Å². The maximum atomic E-state index is 12.2. The molecule has 1 N–H and O–H groups in total. The second-order valence-corrected chi connectivity index (χ2v) is 7.34. The number of hydrogen-bond acceptors (Lipinski definition) is 4. The van der Waals surface area contributed by atoms with Crippen molar-refractivity contribution in [2.75, 3.05) is 20.2 Å². The molecule has 2 amide bonds. The molecule has 0 aliphatic carbocycles. The third-order valence-corrected chi connectivity index (χ3v) is 4.01. The van der Waals surface area contributed by atoms with Crippen LogP contribution in [-0.4, -0.2) is 48.7 Å². The predicted molar refractivity (Wildman–Crippen MR) is 95.7 cm³/mol. The number of hydrogen-bond donors (Lipinski definition) is 1. The smallest absolute Gasteiger partial charge is 0.410 e. The van der Waals surface area contributed by atoms with Gasteiger partial charge in [-0.15, -0.1) is 0 Å². The highest BCUT2D eigenvalue weighted by molar-refractivity contribution is 5.79. The van der Waals surface area contributed by atoms with E-state index < -0.39 is 5.60 Å². The largest absolute Gasteiger partial charge is 0.497 e. The summed E-state index contributed by atoms with van der Waals surface area (Å²) < 4.78 is 10.6. The molecule has 0 saturated carbocycles. The molecule has 6 heteroatoms. The van der Waals surface area contributed by atoms with Gasteiger partial charge < -0.3 is 19.7 Å². The Balaban J connectivity index is 1.77. The molecule has 138 valence electrons. The first kappa shape index (κ1) is 19.1. The SMILES string of the molecule is COc1cccc(CC(=O)NC2CCN(C(=O)OC(C)(C)C)CC2)c1. The van der Waals surface area contributed by atoms with E-state index in [4.69, 9.17) is 9.47 Å². The number of ether oxygens (including phenoxy) is 2. The fourth-order valence-electron chi connectivity index (χ4n) is 2.78. The van der Waals surface area contributed by atoms with Crippen LogP contribution in [-0.2, 0) is 16.0 Å². The van der Waals surface area contributed by atoms with Gasteiger partial charge in [-0.05, 0) is 51.3 Å². The van der Waals surface area contributed by atoms with Gasteiger partial charge in [-0.3, -0.25) is 4.79 Å². The summed E-state index contributed by atoms with van der Waals surface area (Å²) in [6.07, 6.45) is 1.52. The Bertz CT molecular complexity index is 602. The molecule has 25 heavy (non-hydrogen) atoms. The van der Waals surface area contributed by atoms with Gasteiger partial charge in [-0.25, -0.2) is 4.79 Å². The molecule has 1 aliphatic rings. The zero-order valence-electron chi connectivity index (χ0n) is 15.5. The Morgan fingerprint density at radius 3 is 2.52 bits per heavy atom. The van der Waals surface area contributed by atoms with E-state index in [0.717, 1.165) is 24.2 Å². The van der Waals surface area contributed by atoms with Crippen molar-refractivity contribution in [3.63, 3.8) is 0 Å². The van der Waals surface area contributed by atoms with E-state index in [0.29, 0.717) is 19.5 Å². The van der Waals surface area contributed by atoms with Gasteiger partial charge in [0.05, 0.1) is 13.5 Å². The van der Waals surface area contributed by atoms with Gasteiger partial charge in [0.1, 0.15) is 11.4 Å². The highest BCUT2D eigenvalue weighted by Gasteiger charge is 2.27. The third-order valence-electron chi connectivity index (χ3n) is 4.01. The Labute approximate surface area is 149 Å². The van der Waals surface area contributed by atoms with Gasteiger partial charge in [0.2, 0.25) is 5.91 Å². The summed E-state index contributed by atoms with van der Waals surface area (Å²) in [7, 11) is 1.61. The molecule has 0 aromatic heterocycles. The fraction of sp³-hybridized carbons (Fsp3) is 0.579. The first-order valence-electron chi connectivity index (χ1n) is 8.67. The van der Waals surface area contributed by atoms with Crippen molar-refractivity contribution < 1.29 is 19.1 Å². The first-order chi connectivity index (χ1) is 11.8. The maximum absolute atomic E-state index is 12.2. The second-order valence-electron chi connectivity index (χ2n) is 7.34. The monoisotopic (exact) mass is 348 g/mol. The van der Waals surface area contributed by atoms with E-state index in [1.165, 1.54) is 0 Å². The Morgan fingerprint density at radius 1 is 1.24 bits per heavy atom. The summed E-state index contributed by atoms with van der Waals surface area (Å²) in [4.78, 5) is 26.0. The highest BCUT2D eigenvalue weighted by Crippen LogP contribution is 2.16. The van der Waals surface area contributed by atoms with Crippen LogP contribution in [0.3, 0.4) is 0 Å². The van der Waals surface area contributed by atoms with E-state index in [1.807, 2.05) is 45.0 Å². The van der Waals surface area contributed by atoms with Crippen LogP contribution in [0, 0.1) is 0 Å². The predicted octanol–water partition coefficient (Wildman–Crippen LogP) is 2.75. The van der Waals surface area contributed by atoms with Crippen LogP contribution in [0.15, 0.2) is 24.3 Å². The number of amides is 2. The highest BCUT2D eigenvalue weighted by atomic mass is 16.6. The van der Waals surface area contributed by atoms with Gasteiger partial charge in [-0.1, -0.05) is 12.1 Å². The van der Waals surface area contributed by atoms with Crippen LogP contribution in [0.25, 0.3) is 0 Å². The molecule has 0 unspecified atom stereocenters. The van der Waals surface area contributed by atoms with Gasteiger partial charge >= 0.3 is 6.09 Å². The van der Waals surface area contributed by atoms with Gasteiger partial charge in [0.25, 0.3) is 0 Å². The molecule has 2 rings (SSSR count). The standard InChI is InChI=1S/C19H28N2O4/c1-19(2,3)25-18(23)21-10-8-15(9-11-21)20-17(22)13-14-6-5-7-16(12-14)24-4/h5-7,12,15H,8-11,13H2,1-4H3,(H,20,22). The van der Waals surface area contributed by atoms with Crippen molar-refractivity contribution in [3.8, 4) is 5.75 Å². The minimum absolute atomic E-state index is 0.0102. The lowest BCUT2D eigenvalue weighted by Gasteiger charge is -2.33. The second kappa shape index (κ2) is 8.23. The fourth-order valence-corrected chi connectivity index (χ4v) is 2.78. The van der Waals surface area contributed by atoms with E-state index in [2.05, 4.69) is 5.32 Å². The lowest BCUT2D eigenvalue weighted by molar-refractivity contribution is -0.121. The molecule has 1 aromatic carbocycles. The van der Waals surface area contributed by atoms with Crippen molar-refractivity contribution in [3.05, 3.63) is 29.8 Å². The van der Waals surface area contributed by atoms with Crippen LogP contribution in [0.5, 0.6) is 5.75 Å². The maximum Gasteiger partial charge on any atom is 0.410 e. The molecule has 1 saturated heterocycles. The average molecular weight is 348 g/mol. The Morgan fingerprint density at radius 2 is 1.92 bits per heavy atom. The van der Waals surface area contributed by atoms with Crippen molar-refractivity contribution in [2.45, 2.75) is 51.7 Å². The lowest BCUT2D eigenvalue weighted by Crippen LogP contribution is -2.48. The van der Waals surface area contributed by atoms with Crippen LogP contribution in [0.4, 0.5) is 4.79 Å². The number of nitrogens with one attached hydrogen (secondary N) is 1. The molecular weight excluding hydrogens is 320 g/mol. The summed E-state index contributed by atoms with van der Waals surface area (Å²) in [5, 5.41) is 3.05. The van der Waals surface area contributed by atoms with Crippen LogP contribution < -0.4 is 10.1 Å². The van der Waals surface area contributed by atoms with Crippen molar-refractivity contribution in [2.24, 2.45) is 0 Å². The molecular formula is C19H28N2O4. The molecule has 1 heterocycles. The molecule has 1 aromatic rings. The van der Waals surface area contributed by atoms with Crippen LogP contribution in [0.2, 0.25) is 0 Å². The summed E-state index contributed by atoms with van der Waals surface area (Å²) in [6, 6.07) is 7.60. The number of carbonyl (C=O) groups excluding carboxylic acids is 2. The number of likely N-dealkylation sites (tertiary alicyclic amines) is 1. The van der Waals surface area contributed by atoms with E-state index in [9.17, 15) is 9.59 Å². The number of rotatable bonds is 4. The van der Waals surface area contributed by atoms with Crippen LogP contribution in [0.1, 0.15) is 39.2 Å². The summed E-state index contributed by atoms with van der Waals surface area (Å²) in [5.41, 5.74) is 0.432. The molecule has 0 spiro atoms. The number of nitrogens with zero attached hydrogens (tertiary/aromatic N) is 1. The van der Waals surface area contributed by atoms with Crippen molar-refractivity contribution in [1.29, 1.82) is 0 Å². The van der Waals surface area contributed by atoms with E-state index in [-0.39, 0.29) is 18.0 Å². The minimum Gasteiger partial charge on any atom is -0.497 e. The number of piperidine rings is 1. The summed E-state index contributed by atoms with van der Waals surface area (Å²) in [5.74, 6) is 0.736. The zero-order chi connectivity index (χ0) is 18.4. The van der Waals surface area contributed by atoms with Gasteiger partial charge in [-0.2, -0.15) is 0 Å². The van der Waals surface area contributed by atoms with Gasteiger partial charge in [0.15, 0.2) is 0 Å². The van der Waals surface area contributed by atoms with E-state index in [1.54, 1.807) is 12.0 Å². The third kappa shape index (κ3) is 6.29. The van der Waals surface area contributed by atoms with Crippen LogP contribution >= 0.6 is 0 Å². The molecule has 1 fully saturated rings. The first-order valence-corrected chi connectivity index (χ1v) is 8.67. The molecule has 6 nitrogen and oxygen atoms in total. The molecule has 0 bridgehead atoms. The summed E-state index contributed by atoms with van der Waals surface area (Å²) >= 11 is 0. The topological polar surface area (TPSA) is 67.9 Å².